The maximum absolute atomic E-state index is 5.53. The number of pyridine rings is 1. The van der Waals surface area contributed by atoms with Gasteiger partial charge in [0.1, 0.15) is 11.2 Å². The summed E-state index contributed by atoms with van der Waals surface area (Å²) in [6.45, 7) is 0. The summed E-state index contributed by atoms with van der Waals surface area (Å²) in [7, 11) is 0. The molecule has 78 valence electrons. The van der Waals surface area contributed by atoms with Gasteiger partial charge in [0.05, 0.1) is 6.20 Å². The van der Waals surface area contributed by atoms with Gasteiger partial charge in [-0.05, 0) is 12.1 Å². The highest BCUT2D eigenvalue weighted by Gasteiger charge is 2.06. The Morgan fingerprint density at radius 3 is 2.88 bits per heavy atom. The number of anilines is 1. The molecule has 0 spiro atoms. The van der Waals surface area contributed by atoms with Gasteiger partial charge in [0, 0.05) is 6.20 Å². The highest BCUT2D eigenvalue weighted by Crippen LogP contribution is 2.14. The molecule has 0 aliphatic rings. The van der Waals surface area contributed by atoms with Crippen molar-refractivity contribution in [3.05, 3.63) is 30.6 Å². The highest BCUT2D eigenvalue weighted by atomic mass is 15.1. The average Bonchev–Trinajstić information content (AvgIpc) is 2.69. The molecule has 0 fully saturated rings. The van der Waals surface area contributed by atoms with Gasteiger partial charge in [0.15, 0.2) is 17.4 Å². The van der Waals surface area contributed by atoms with Crippen LogP contribution in [0.3, 0.4) is 0 Å². The van der Waals surface area contributed by atoms with E-state index in [0.29, 0.717) is 23.1 Å². The van der Waals surface area contributed by atoms with E-state index in [1.807, 2.05) is 18.2 Å². The van der Waals surface area contributed by atoms with Crippen molar-refractivity contribution in [3.63, 3.8) is 0 Å². The lowest BCUT2D eigenvalue weighted by atomic mass is 10.3. The Bertz CT molecular complexity index is 630. The lowest BCUT2D eigenvalue weighted by Crippen LogP contribution is -1.91. The first-order valence-corrected chi connectivity index (χ1v) is 4.72. The Labute approximate surface area is 90.6 Å². The van der Waals surface area contributed by atoms with E-state index in [0.717, 1.165) is 5.52 Å². The fourth-order valence-corrected chi connectivity index (χ4v) is 1.44. The van der Waals surface area contributed by atoms with Crippen molar-refractivity contribution < 1.29 is 0 Å². The number of H-pyrrole nitrogens is 1. The van der Waals surface area contributed by atoms with Crippen LogP contribution in [0.1, 0.15) is 0 Å². The van der Waals surface area contributed by atoms with Crippen LogP contribution in [0.25, 0.3) is 22.7 Å². The van der Waals surface area contributed by atoms with E-state index >= 15 is 0 Å². The molecule has 6 heteroatoms. The van der Waals surface area contributed by atoms with Gasteiger partial charge in [0.2, 0.25) is 0 Å². The highest BCUT2D eigenvalue weighted by molar-refractivity contribution is 5.73. The second-order valence-electron chi connectivity index (χ2n) is 3.27. The molecule has 3 aromatic heterocycles. The normalized spacial score (nSPS) is 10.8. The summed E-state index contributed by atoms with van der Waals surface area (Å²) in [5.41, 5.74) is 7.51. The number of nitrogen functional groups attached to an aromatic ring is 1. The average molecular weight is 212 g/mol. The maximum atomic E-state index is 5.53. The van der Waals surface area contributed by atoms with Crippen molar-refractivity contribution in [1.29, 1.82) is 0 Å². The number of imidazole rings is 1. The molecule has 0 aliphatic heterocycles. The van der Waals surface area contributed by atoms with Crippen LogP contribution in [0, 0.1) is 0 Å². The van der Waals surface area contributed by atoms with Gasteiger partial charge in [0.25, 0.3) is 0 Å². The number of nitrogens with zero attached hydrogens (tertiary/aromatic N) is 4. The van der Waals surface area contributed by atoms with Gasteiger partial charge in [-0.25, -0.2) is 9.97 Å². The van der Waals surface area contributed by atoms with Crippen molar-refractivity contribution in [1.82, 2.24) is 24.9 Å². The van der Waals surface area contributed by atoms with Gasteiger partial charge < -0.3 is 10.7 Å². The molecule has 3 heterocycles. The monoisotopic (exact) mass is 212 g/mol. The molecule has 0 radical (unpaired) electrons. The number of aromatic nitrogens is 5. The standard InChI is InChI=1S/C10H8N6/c11-10-14-7-5-13-8(15-9(7)16-10)6-3-1-2-4-12-6/h1-5H,(H3,11,13,14,15,16). The minimum atomic E-state index is 0.336. The molecule has 0 aliphatic carbocycles. The first kappa shape index (κ1) is 8.78. The minimum Gasteiger partial charge on any atom is -0.369 e. The summed E-state index contributed by atoms with van der Waals surface area (Å²) in [5, 5.41) is 0. The van der Waals surface area contributed by atoms with Gasteiger partial charge in [-0.2, -0.15) is 4.98 Å². The maximum Gasteiger partial charge on any atom is 0.200 e. The molecule has 0 saturated carbocycles. The zero-order valence-electron chi connectivity index (χ0n) is 8.25. The molecular weight excluding hydrogens is 204 g/mol. The molecule has 0 saturated heterocycles. The summed E-state index contributed by atoms with van der Waals surface area (Å²) < 4.78 is 0. The first-order valence-electron chi connectivity index (χ1n) is 4.72. The molecule has 0 unspecified atom stereocenters. The molecular formula is C10H8N6. The van der Waals surface area contributed by atoms with Crippen LogP contribution in [0.15, 0.2) is 30.6 Å². The fraction of sp³-hybridized carbons (Fsp3) is 0. The van der Waals surface area contributed by atoms with Crippen LogP contribution in [0.5, 0.6) is 0 Å². The van der Waals surface area contributed by atoms with Crippen molar-refractivity contribution in [3.8, 4) is 11.5 Å². The minimum absolute atomic E-state index is 0.336. The quantitative estimate of drug-likeness (QED) is 0.627. The summed E-state index contributed by atoms with van der Waals surface area (Å²) in [6, 6.07) is 5.57. The zero-order chi connectivity index (χ0) is 11.0. The summed E-state index contributed by atoms with van der Waals surface area (Å²) in [5.74, 6) is 0.877. The summed E-state index contributed by atoms with van der Waals surface area (Å²) >= 11 is 0. The Balaban J connectivity index is 2.18. The third-order valence-corrected chi connectivity index (χ3v) is 2.15. The molecule has 0 amide bonds. The lowest BCUT2D eigenvalue weighted by Gasteiger charge is -1.96. The van der Waals surface area contributed by atoms with Gasteiger partial charge in [-0.3, -0.25) is 4.98 Å². The lowest BCUT2D eigenvalue weighted by molar-refractivity contribution is 1.16. The number of hydrogen-bond acceptors (Lipinski definition) is 5. The van der Waals surface area contributed by atoms with Gasteiger partial charge in [-0.1, -0.05) is 6.07 Å². The number of fused-ring (bicyclic) bond motifs is 1. The molecule has 3 rings (SSSR count). The van der Waals surface area contributed by atoms with E-state index in [-0.39, 0.29) is 0 Å². The molecule has 3 N–H and O–H groups in total. The van der Waals surface area contributed by atoms with Crippen LogP contribution >= 0.6 is 0 Å². The smallest absolute Gasteiger partial charge is 0.200 e. The van der Waals surface area contributed by atoms with Crippen LogP contribution in [0.2, 0.25) is 0 Å². The third kappa shape index (κ3) is 1.36. The van der Waals surface area contributed by atoms with Crippen LogP contribution in [-0.4, -0.2) is 24.9 Å². The third-order valence-electron chi connectivity index (χ3n) is 2.15. The van der Waals surface area contributed by atoms with E-state index < -0.39 is 0 Å². The van der Waals surface area contributed by atoms with Crippen molar-refractivity contribution in [2.75, 3.05) is 5.73 Å². The molecule has 16 heavy (non-hydrogen) atoms. The van der Waals surface area contributed by atoms with E-state index in [2.05, 4.69) is 24.9 Å². The summed E-state index contributed by atoms with van der Waals surface area (Å²) in [4.78, 5) is 19.5. The van der Waals surface area contributed by atoms with Crippen molar-refractivity contribution in [2.45, 2.75) is 0 Å². The predicted molar refractivity (Wildman–Crippen MR) is 59.3 cm³/mol. The van der Waals surface area contributed by atoms with Gasteiger partial charge >= 0.3 is 0 Å². The van der Waals surface area contributed by atoms with E-state index in [1.165, 1.54) is 0 Å². The topological polar surface area (TPSA) is 93.4 Å². The summed E-state index contributed by atoms with van der Waals surface area (Å²) in [6.07, 6.45) is 3.34. The molecule has 0 atom stereocenters. The second kappa shape index (κ2) is 3.27. The Kier molecular flexibility index (Phi) is 1.79. The van der Waals surface area contributed by atoms with E-state index in [1.54, 1.807) is 12.4 Å². The Morgan fingerprint density at radius 1 is 1.12 bits per heavy atom. The molecule has 3 aromatic rings. The second-order valence-corrected chi connectivity index (χ2v) is 3.27. The van der Waals surface area contributed by atoms with E-state index in [9.17, 15) is 0 Å². The molecule has 0 bridgehead atoms. The predicted octanol–water partition coefficient (Wildman–Crippen LogP) is 0.997. The van der Waals surface area contributed by atoms with Crippen LogP contribution in [0.4, 0.5) is 5.95 Å². The number of nitrogens with two attached hydrogens (primary N) is 1. The van der Waals surface area contributed by atoms with Crippen LogP contribution < -0.4 is 5.73 Å². The molecule has 6 nitrogen and oxygen atoms in total. The fourth-order valence-electron chi connectivity index (χ4n) is 1.44. The van der Waals surface area contributed by atoms with Crippen molar-refractivity contribution >= 4 is 17.1 Å². The number of nitrogens with one attached hydrogen (secondary N) is 1. The van der Waals surface area contributed by atoms with Crippen LogP contribution in [-0.2, 0) is 0 Å². The van der Waals surface area contributed by atoms with Gasteiger partial charge in [-0.15, -0.1) is 0 Å². The van der Waals surface area contributed by atoms with E-state index in [4.69, 9.17) is 5.73 Å². The zero-order valence-corrected chi connectivity index (χ0v) is 8.25. The number of hydrogen-bond donors (Lipinski definition) is 2. The van der Waals surface area contributed by atoms with Crippen molar-refractivity contribution in [2.24, 2.45) is 0 Å². The first-order chi connectivity index (χ1) is 7.83. The Hall–Kier alpha value is -2.50. The Morgan fingerprint density at radius 2 is 2.06 bits per heavy atom. The number of aromatic amines is 1. The number of rotatable bonds is 1. The largest absolute Gasteiger partial charge is 0.369 e. The molecule has 0 aromatic carbocycles. The SMILES string of the molecule is Nc1nc2nc(-c3ccccn3)ncc2[nH]1.